The van der Waals surface area contributed by atoms with Gasteiger partial charge in [-0.05, 0) is 38.5 Å². The van der Waals surface area contributed by atoms with Gasteiger partial charge in [0.25, 0.3) is 5.82 Å². The van der Waals surface area contributed by atoms with Gasteiger partial charge in [0.15, 0.2) is 5.69 Å². The van der Waals surface area contributed by atoms with E-state index >= 15 is 0 Å². The Morgan fingerprint density at radius 1 is 1.31 bits per heavy atom. The fraction of sp³-hybridized carbons (Fsp3) is 0.273. The van der Waals surface area contributed by atoms with E-state index in [1.807, 2.05) is 32.9 Å². The van der Waals surface area contributed by atoms with E-state index in [0.29, 0.717) is 5.82 Å². The molecule has 2 nitrogen and oxygen atoms in total. The van der Waals surface area contributed by atoms with Crippen molar-refractivity contribution in [3.63, 3.8) is 0 Å². The number of hydrogen-bond donors (Lipinski definition) is 0. The molecule has 0 spiro atoms. The molecule has 0 aliphatic carbocycles. The van der Waals surface area contributed by atoms with Crippen molar-refractivity contribution in [1.82, 2.24) is 4.98 Å². The molecule has 0 N–H and O–H groups in total. The molecule has 2 heteroatoms. The summed E-state index contributed by atoms with van der Waals surface area (Å²) >= 11 is 0. The Bertz CT molecular complexity index is 379. The summed E-state index contributed by atoms with van der Waals surface area (Å²) in [4.78, 5) is 7.49. The third-order valence-corrected chi connectivity index (χ3v) is 1.98. The van der Waals surface area contributed by atoms with E-state index in [9.17, 15) is 0 Å². The van der Waals surface area contributed by atoms with Crippen molar-refractivity contribution < 1.29 is 0 Å². The Balaban J connectivity index is 3.19. The molecule has 1 heterocycles. The second kappa shape index (κ2) is 3.86. The number of allylic oxidation sites excluding steroid dienone is 2. The summed E-state index contributed by atoms with van der Waals surface area (Å²) < 4.78 is 0. The summed E-state index contributed by atoms with van der Waals surface area (Å²) in [6.07, 6.45) is 0. The zero-order chi connectivity index (χ0) is 9.84. The molecule has 0 unspecified atom stereocenters. The van der Waals surface area contributed by atoms with E-state index in [1.165, 1.54) is 5.57 Å². The van der Waals surface area contributed by atoms with Crippen LogP contribution in [0.15, 0.2) is 23.8 Å². The van der Waals surface area contributed by atoms with E-state index in [4.69, 9.17) is 6.57 Å². The zero-order valence-corrected chi connectivity index (χ0v) is 8.13. The van der Waals surface area contributed by atoms with Gasteiger partial charge in [-0.15, -0.1) is 4.98 Å². The molecule has 0 fully saturated rings. The smallest absolute Gasteiger partial charge is 0.270 e. The van der Waals surface area contributed by atoms with Gasteiger partial charge in [0, 0.05) is 0 Å². The molecule has 1 aromatic heterocycles. The molecule has 0 saturated carbocycles. The highest BCUT2D eigenvalue weighted by molar-refractivity contribution is 5.64. The molecule has 13 heavy (non-hydrogen) atoms. The second-order valence-electron chi connectivity index (χ2n) is 3.12. The fourth-order valence-electron chi connectivity index (χ4n) is 0.951. The van der Waals surface area contributed by atoms with Gasteiger partial charge in [-0.3, -0.25) is 0 Å². The molecular weight excluding hydrogens is 160 g/mol. The number of aromatic nitrogens is 1. The number of nitrogens with zero attached hydrogens (tertiary/aromatic N) is 2. The Kier molecular flexibility index (Phi) is 2.81. The highest BCUT2D eigenvalue weighted by Gasteiger charge is 2.03. The van der Waals surface area contributed by atoms with Crippen molar-refractivity contribution >= 4 is 11.4 Å². The summed E-state index contributed by atoms with van der Waals surface area (Å²) in [5.74, 6) is 0.457. The third-order valence-electron chi connectivity index (χ3n) is 1.98. The molecule has 1 rings (SSSR count). The molecule has 0 bridgehead atoms. The lowest BCUT2D eigenvalue weighted by Gasteiger charge is -1.99. The normalized spacial score (nSPS) is 9.08. The van der Waals surface area contributed by atoms with Gasteiger partial charge in [-0.1, -0.05) is 18.2 Å². The molecular formula is C11H12N2. The monoisotopic (exact) mass is 172 g/mol. The number of pyridine rings is 1. The van der Waals surface area contributed by atoms with Gasteiger partial charge in [-0.2, -0.15) is 0 Å². The van der Waals surface area contributed by atoms with Crippen LogP contribution in [-0.4, -0.2) is 4.98 Å². The predicted molar refractivity (Wildman–Crippen MR) is 54.4 cm³/mol. The van der Waals surface area contributed by atoms with Crippen LogP contribution in [-0.2, 0) is 0 Å². The van der Waals surface area contributed by atoms with E-state index in [1.54, 1.807) is 6.07 Å². The van der Waals surface area contributed by atoms with Crippen LogP contribution in [0, 0.1) is 6.57 Å². The molecule has 0 atom stereocenters. The molecule has 66 valence electrons. The summed E-state index contributed by atoms with van der Waals surface area (Å²) in [6.45, 7) is 12.9. The maximum atomic E-state index is 6.84. The van der Waals surface area contributed by atoms with Crippen molar-refractivity contribution in [1.29, 1.82) is 0 Å². The number of hydrogen-bond acceptors (Lipinski definition) is 1. The Morgan fingerprint density at radius 3 is 2.54 bits per heavy atom. The first-order valence-corrected chi connectivity index (χ1v) is 4.14. The topological polar surface area (TPSA) is 17.2 Å². The largest absolute Gasteiger partial charge is 0.361 e. The minimum atomic E-state index is 0.457. The second-order valence-corrected chi connectivity index (χ2v) is 3.12. The van der Waals surface area contributed by atoms with Gasteiger partial charge < -0.3 is 4.85 Å². The molecule has 0 aliphatic rings. The fourth-order valence-corrected chi connectivity index (χ4v) is 0.951. The van der Waals surface area contributed by atoms with E-state index in [0.717, 1.165) is 11.3 Å². The summed E-state index contributed by atoms with van der Waals surface area (Å²) in [5, 5.41) is 0. The third kappa shape index (κ3) is 2.16. The van der Waals surface area contributed by atoms with Crippen molar-refractivity contribution in [3.8, 4) is 0 Å². The Morgan fingerprint density at radius 2 is 2.00 bits per heavy atom. The van der Waals surface area contributed by atoms with Crippen LogP contribution in [0.1, 0.15) is 26.5 Å². The van der Waals surface area contributed by atoms with Crippen LogP contribution in [0.5, 0.6) is 0 Å². The van der Waals surface area contributed by atoms with E-state index in [-0.39, 0.29) is 0 Å². The van der Waals surface area contributed by atoms with Crippen LogP contribution in [0.4, 0.5) is 5.82 Å². The molecule has 0 aromatic carbocycles. The first-order valence-electron chi connectivity index (χ1n) is 4.14. The maximum absolute atomic E-state index is 6.84. The lowest BCUT2D eigenvalue weighted by molar-refractivity contribution is 1.25. The van der Waals surface area contributed by atoms with Gasteiger partial charge in [0.2, 0.25) is 0 Å². The van der Waals surface area contributed by atoms with Crippen LogP contribution in [0.2, 0.25) is 0 Å². The predicted octanol–water partition coefficient (Wildman–Crippen LogP) is 3.45. The lowest BCUT2D eigenvalue weighted by atomic mass is 10.1. The van der Waals surface area contributed by atoms with Gasteiger partial charge in [0.1, 0.15) is 0 Å². The average molecular weight is 172 g/mol. The molecule has 1 aromatic rings. The first-order chi connectivity index (χ1) is 6.15. The summed E-state index contributed by atoms with van der Waals surface area (Å²) in [6, 6.07) is 5.51. The highest BCUT2D eigenvalue weighted by atomic mass is 14.9. The zero-order valence-electron chi connectivity index (χ0n) is 8.13. The van der Waals surface area contributed by atoms with Crippen molar-refractivity contribution in [2.24, 2.45) is 0 Å². The van der Waals surface area contributed by atoms with Crippen LogP contribution >= 0.6 is 0 Å². The van der Waals surface area contributed by atoms with Crippen molar-refractivity contribution in [2.75, 3.05) is 0 Å². The molecule has 0 saturated heterocycles. The number of rotatable bonds is 1. The maximum Gasteiger partial charge on any atom is 0.270 e. The van der Waals surface area contributed by atoms with E-state index < -0.39 is 0 Å². The van der Waals surface area contributed by atoms with Crippen molar-refractivity contribution in [3.05, 3.63) is 40.9 Å². The average Bonchev–Trinajstić information content (AvgIpc) is 2.16. The summed E-state index contributed by atoms with van der Waals surface area (Å²) in [7, 11) is 0. The van der Waals surface area contributed by atoms with Crippen LogP contribution in [0.3, 0.4) is 0 Å². The van der Waals surface area contributed by atoms with E-state index in [2.05, 4.69) is 9.83 Å². The first kappa shape index (κ1) is 9.47. The van der Waals surface area contributed by atoms with Gasteiger partial charge >= 0.3 is 0 Å². The minimum absolute atomic E-state index is 0.457. The van der Waals surface area contributed by atoms with Crippen molar-refractivity contribution in [2.45, 2.75) is 20.8 Å². The quantitative estimate of drug-likeness (QED) is 0.593. The standard InChI is InChI=1S/C11H12N2/c1-8(2)9(3)10-6-5-7-11(12-4)13-10/h5-7H,1-3H3. The van der Waals surface area contributed by atoms with Gasteiger partial charge in [0.05, 0.1) is 0 Å². The SMILES string of the molecule is [C-]#[N+]c1cccc(C(C)=C(C)C)n1. The Hall–Kier alpha value is -1.62. The lowest BCUT2D eigenvalue weighted by Crippen LogP contribution is -1.86. The van der Waals surface area contributed by atoms with Gasteiger partial charge in [-0.25, -0.2) is 0 Å². The van der Waals surface area contributed by atoms with Crippen LogP contribution in [0.25, 0.3) is 10.4 Å². The minimum Gasteiger partial charge on any atom is -0.361 e. The molecule has 0 aliphatic heterocycles. The highest BCUT2D eigenvalue weighted by Crippen LogP contribution is 2.18. The van der Waals surface area contributed by atoms with Crippen LogP contribution < -0.4 is 0 Å². The molecule has 0 amide bonds. The Labute approximate surface area is 78.8 Å². The molecule has 0 radical (unpaired) electrons. The summed E-state index contributed by atoms with van der Waals surface area (Å²) in [5.41, 5.74) is 3.27.